The molecule has 0 N–H and O–H groups in total. The number of nitrogens with zero attached hydrogens (tertiary/aromatic N) is 2. The molecule has 2 rings (SSSR count). The summed E-state index contributed by atoms with van der Waals surface area (Å²) >= 11 is 2.05. The van der Waals surface area contributed by atoms with E-state index in [1.165, 1.54) is 62.7 Å². The van der Waals surface area contributed by atoms with Gasteiger partial charge in [-0.3, -0.25) is 0 Å². The Morgan fingerprint density at radius 2 is 1.74 bits per heavy atom. The summed E-state index contributed by atoms with van der Waals surface area (Å²) in [6.07, 6.45) is 16.8. The molecule has 3 nitrogen and oxygen atoms in total. The molecular formula is C23H36N2OS. The van der Waals surface area contributed by atoms with Crippen LogP contribution in [-0.4, -0.2) is 27.2 Å². The summed E-state index contributed by atoms with van der Waals surface area (Å²) in [6.45, 7) is 4.73. The lowest BCUT2D eigenvalue weighted by atomic mass is 10.1. The fraction of sp³-hybridized carbons (Fsp3) is 0.609. The Hall–Kier alpha value is -1.26. The lowest BCUT2D eigenvalue weighted by molar-refractivity contribution is 0.119. The number of thioether (sulfide) groups is 1. The van der Waals surface area contributed by atoms with Crippen molar-refractivity contribution in [1.82, 2.24) is 9.55 Å². The Bertz CT molecular complexity index is 559. The molecule has 1 aromatic heterocycles. The zero-order chi connectivity index (χ0) is 19.0. The molecule has 0 saturated heterocycles. The second-order valence-corrected chi connectivity index (χ2v) is 8.64. The van der Waals surface area contributed by atoms with Crippen molar-refractivity contribution in [2.75, 3.05) is 12.4 Å². The molecule has 0 aliphatic rings. The maximum atomic E-state index is 6.01. The second kappa shape index (κ2) is 14.8. The largest absolute Gasteiger partial charge is 0.376 e. The number of aromatic nitrogens is 2. The monoisotopic (exact) mass is 388 g/mol. The van der Waals surface area contributed by atoms with E-state index in [1.54, 1.807) is 0 Å². The molecule has 1 unspecified atom stereocenters. The van der Waals surface area contributed by atoms with E-state index >= 15 is 0 Å². The Morgan fingerprint density at radius 1 is 1.00 bits per heavy atom. The van der Waals surface area contributed by atoms with E-state index < -0.39 is 0 Å². The third-order valence-electron chi connectivity index (χ3n) is 4.74. The van der Waals surface area contributed by atoms with Crippen LogP contribution in [0.2, 0.25) is 0 Å². The Labute approximate surface area is 169 Å². The van der Waals surface area contributed by atoms with Crippen molar-refractivity contribution in [3.8, 4) is 0 Å². The first-order valence-electron chi connectivity index (χ1n) is 10.6. The zero-order valence-electron chi connectivity index (χ0n) is 16.9. The summed E-state index contributed by atoms with van der Waals surface area (Å²) in [5.74, 6) is 1.23. The van der Waals surface area contributed by atoms with Crippen molar-refractivity contribution in [2.24, 2.45) is 0 Å². The average molecular weight is 389 g/mol. The zero-order valence-corrected chi connectivity index (χ0v) is 17.7. The van der Waals surface area contributed by atoms with E-state index in [0.29, 0.717) is 11.9 Å². The number of imidazole rings is 1. The summed E-state index contributed by atoms with van der Waals surface area (Å²) in [6, 6.07) is 10.4. The molecule has 1 aromatic carbocycles. The van der Waals surface area contributed by atoms with Crippen molar-refractivity contribution in [1.29, 1.82) is 0 Å². The SMILES string of the molecule is CCCCCCCCCCSC(COCc1ccccc1)Cn1ccnc1. The summed E-state index contributed by atoms with van der Waals surface area (Å²) < 4.78 is 8.17. The smallest absolute Gasteiger partial charge is 0.0946 e. The highest BCUT2D eigenvalue weighted by molar-refractivity contribution is 7.99. The minimum Gasteiger partial charge on any atom is -0.376 e. The normalized spacial score (nSPS) is 12.3. The van der Waals surface area contributed by atoms with Gasteiger partial charge in [-0.05, 0) is 17.7 Å². The maximum Gasteiger partial charge on any atom is 0.0946 e. The molecule has 1 atom stereocenters. The molecule has 150 valence electrons. The third-order valence-corrected chi connectivity index (χ3v) is 6.02. The van der Waals surface area contributed by atoms with Crippen molar-refractivity contribution >= 4 is 11.8 Å². The van der Waals surface area contributed by atoms with Crippen molar-refractivity contribution in [2.45, 2.75) is 76.7 Å². The van der Waals surface area contributed by atoms with Crippen LogP contribution in [-0.2, 0) is 17.9 Å². The van der Waals surface area contributed by atoms with Gasteiger partial charge < -0.3 is 9.30 Å². The average Bonchev–Trinajstić information content (AvgIpc) is 3.20. The lowest BCUT2D eigenvalue weighted by Crippen LogP contribution is -2.19. The fourth-order valence-corrected chi connectivity index (χ4v) is 4.33. The topological polar surface area (TPSA) is 27.1 Å². The van der Waals surface area contributed by atoms with Crippen LogP contribution in [0.25, 0.3) is 0 Å². The predicted octanol–water partition coefficient (Wildman–Crippen LogP) is 6.34. The molecule has 0 aliphatic carbocycles. The summed E-state index contributed by atoms with van der Waals surface area (Å²) in [5, 5.41) is 0.479. The standard InChI is InChI=1S/C23H36N2OS/c1-2-3-4-5-6-7-8-12-17-27-23(18-25-16-15-24-21-25)20-26-19-22-13-10-9-11-14-22/h9-11,13-16,21,23H,2-8,12,17-20H2,1H3. The highest BCUT2D eigenvalue weighted by Crippen LogP contribution is 2.18. The molecule has 1 heterocycles. The third kappa shape index (κ3) is 10.6. The molecular weight excluding hydrogens is 352 g/mol. The summed E-state index contributed by atoms with van der Waals surface area (Å²) in [4.78, 5) is 4.17. The van der Waals surface area contributed by atoms with E-state index in [-0.39, 0.29) is 0 Å². The molecule has 0 fully saturated rings. The van der Waals surface area contributed by atoms with E-state index in [1.807, 2.05) is 24.8 Å². The van der Waals surface area contributed by atoms with Gasteiger partial charge in [0.2, 0.25) is 0 Å². The minimum absolute atomic E-state index is 0.479. The first-order chi connectivity index (χ1) is 13.4. The summed E-state index contributed by atoms with van der Waals surface area (Å²) in [5.41, 5.74) is 1.24. The quantitative estimate of drug-likeness (QED) is 0.314. The van der Waals surface area contributed by atoms with Gasteiger partial charge in [-0.1, -0.05) is 82.2 Å². The van der Waals surface area contributed by atoms with Crippen LogP contribution in [0.3, 0.4) is 0 Å². The van der Waals surface area contributed by atoms with Crippen LogP contribution in [0.1, 0.15) is 63.9 Å². The van der Waals surface area contributed by atoms with Crippen LogP contribution in [0, 0.1) is 0 Å². The number of hydrogen-bond donors (Lipinski definition) is 0. The van der Waals surface area contributed by atoms with Crippen molar-refractivity contribution in [3.05, 3.63) is 54.6 Å². The van der Waals surface area contributed by atoms with Gasteiger partial charge in [0.1, 0.15) is 0 Å². The van der Waals surface area contributed by atoms with Gasteiger partial charge in [0, 0.05) is 24.2 Å². The number of ether oxygens (including phenoxy) is 1. The molecule has 2 aromatic rings. The molecule has 0 saturated carbocycles. The molecule has 0 aliphatic heterocycles. The van der Waals surface area contributed by atoms with Crippen LogP contribution >= 0.6 is 11.8 Å². The van der Waals surface area contributed by atoms with Gasteiger partial charge in [0.25, 0.3) is 0 Å². The predicted molar refractivity (Wildman–Crippen MR) is 117 cm³/mol. The Balaban J connectivity index is 1.61. The fourth-order valence-electron chi connectivity index (χ4n) is 3.15. The highest BCUT2D eigenvalue weighted by Gasteiger charge is 2.11. The molecule has 0 amide bonds. The van der Waals surface area contributed by atoms with Gasteiger partial charge in [-0.2, -0.15) is 11.8 Å². The minimum atomic E-state index is 0.479. The van der Waals surface area contributed by atoms with Crippen LogP contribution < -0.4 is 0 Å². The second-order valence-electron chi connectivity index (χ2n) is 7.23. The first-order valence-corrected chi connectivity index (χ1v) is 11.6. The van der Waals surface area contributed by atoms with Gasteiger partial charge >= 0.3 is 0 Å². The van der Waals surface area contributed by atoms with Gasteiger partial charge in [0.15, 0.2) is 0 Å². The number of rotatable bonds is 16. The van der Waals surface area contributed by atoms with Crippen LogP contribution in [0.15, 0.2) is 49.1 Å². The van der Waals surface area contributed by atoms with E-state index in [2.05, 4.69) is 52.5 Å². The maximum absolute atomic E-state index is 6.01. The molecule has 27 heavy (non-hydrogen) atoms. The summed E-state index contributed by atoms with van der Waals surface area (Å²) in [7, 11) is 0. The van der Waals surface area contributed by atoms with E-state index in [9.17, 15) is 0 Å². The van der Waals surface area contributed by atoms with E-state index in [4.69, 9.17) is 4.74 Å². The molecule has 0 bridgehead atoms. The molecule has 0 radical (unpaired) electrons. The van der Waals surface area contributed by atoms with Gasteiger partial charge in [-0.15, -0.1) is 0 Å². The molecule has 0 spiro atoms. The number of benzene rings is 1. The number of unbranched alkanes of at least 4 members (excludes halogenated alkanes) is 7. The Morgan fingerprint density at radius 3 is 2.44 bits per heavy atom. The van der Waals surface area contributed by atoms with Gasteiger partial charge in [0.05, 0.1) is 19.5 Å². The highest BCUT2D eigenvalue weighted by atomic mass is 32.2. The van der Waals surface area contributed by atoms with Crippen molar-refractivity contribution in [3.63, 3.8) is 0 Å². The lowest BCUT2D eigenvalue weighted by Gasteiger charge is -2.17. The van der Waals surface area contributed by atoms with Gasteiger partial charge in [-0.25, -0.2) is 4.98 Å². The molecule has 4 heteroatoms. The van der Waals surface area contributed by atoms with Crippen LogP contribution in [0.5, 0.6) is 0 Å². The Kier molecular flexibility index (Phi) is 12.0. The first kappa shape index (κ1) is 22.0. The van der Waals surface area contributed by atoms with Crippen LogP contribution in [0.4, 0.5) is 0 Å². The van der Waals surface area contributed by atoms with Crippen molar-refractivity contribution < 1.29 is 4.74 Å². The van der Waals surface area contributed by atoms with E-state index in [0.717, 1.165) is 13.2 Å². The number of hydrogen-bond acceptors (Lipinski definition) is 3.